The van der Waals surface area contributed by atoms with Crippen molar-refractivity contribution in [2.45, 2.75) is 32.5 Å². The van der Waals surface area contributed by atoms with Gasteiger partial charge in [0.2, 0.25) is 5.82 Å². The van der Waals surface area contributed by atoms with Crippen LogP contribution in [0.4, 0.5) is 4.79 Å². The van der Waals surface area contributed by atoms with Gasteiger partial charge in [-0.25, -0.2) is 4.79 Å². The number of hydrogen-bond donors (Lipinski definition) is 0. The summed E-state index contributed by atoms with van der Waals surface area (Å²) in [5.74, 6) is 1.27. The Morgan fingerprint density at radius 2 is 2.24 bits per heavy atom. The van der Waals surface area contributed by atoms with Gasteiger partial charge in [0.15, 0.2) is 0 Å². The standard InChI is InChI=1S/C17H20N4O4/c1-12(2)24-17(22)21-9-3-4-14(10-21)23-11-15-19-16(20-25-15)13-5-7-18-8-6-13/h5-8,14H,1,3-4,9-11H2,2H3. The van der Waals surface area contributed by atoms with E-state index in [-0.39, 0.29) is 12.7 Å². The van der Waals surface area contributed by atoms with Crippen LogP contribution < -0.4 is 0 Å². The number of pyridine rings is 1. The molecule has 0 spiro atoms. The molecule has 3 rings (SSSR count). The Bertz CT molecular complexity index is 731. The van der Waals surface area contributed by atoms with Crippen molar-refractivity contribution in [3.63, 3.8) is 0 Å². The van der Waals surface area contributed by atoms with E-state index < -0.39 is 6.09 Å². The molecule has 8 nitrogen and oxygen atoms in total. The third-order valence-electron chi connectivity index (χ3n) is 3.75. The summed E-state index contributed by atoms with van der Waals surface area (Å²) in [4.78, 5) is 21.8. The Morgan fingerprint density at radius 1 is 1.44 bits per heavy atom. The highest BCUT2D eigenvalue weighted by molar-refractivity contribution is 5.68. The van der Waals surface area contributed by atoms with Gasteiger partial charge < -0.3 is 18.9 Å². The van der Waals surface area contributed by atoms with E-state index in [2.05, 4.69) is 21.7 Å². The van der Waals surface area contributed by atoms with Crippen LogP contribution in [0, 0.1) is 0 Å². The number of ether oxygens (including phenoxy) is 2. The van der Waals surface area contributed by atoms with Crippen LogP contribution in [0.5, 0.6) is 0 Å². The average Bonchev–Trinajstić information content (AvgIpc) is 3.09. The van der Waals surface area contributed by atoms with Crippen LogP contribution in [0.25, 0.3) is 11.4 Å². The zero-order valence-electron chi connectivity index (χ0n) is 14.1. The van der Waals surface area contributed by atoms with Crippen molar-refractivity contribution < 1.29 is 18.8 Å². The van der Waals surface area contributed by atoms with Gasteiger partial charge in [0.05, 0.1) is 18.4 Å². The van der Waals surface area contributed by atoms with E-state index in [0.717, 1.165) is 18.4 Å². The van der Waals surface area contributed by atoms with Gasteiger partial charge in [-0.15, -0.1) is 0 Å². The van der Waals surface area contributed by atoms with E-state index in [9.17, 15) is 4.79 Å². The molecule has 1 saturated heterocycles. The Kier molecular flexibility index (Phi) is 5.39. The Balaban J connectivity index is 1.52. The summed E-state index contributed by atoms with van der Waals surface area (Å²) in [5.41, 5.74) is 0.830. The fourth-order valence-corrected chi connectivity index (χ4v) is 2.57. The molecule has 1 aliphatic rings. The molecule has 1 aliphatic heterocycles. The van der Waals surface area contributed by atoms with Gasteiger partial charge in [0, 0.05) is 24.5 Å². The molecule has 0 saturated carbocycles. The quantitative estimate of drug-likeness (QED) is 0.770. The first-order chi connectivity index (χ1) is 12.1. The number of carbonyl (C=O) groups is 1. The van der Waals surface area contributed by atoms with E-state index in [4.69, 9.17) is 14.0 Å². The third-order valence-corrected chi connectivity index (χ3v) is 3.75. The number of piperidine rings is 1. The Morgan fingerprint density at radius 3 is 3.00 bits per heavy atom. The first kappa shape index (κ1) is 17.1. The summed E-state index contributed by atoms with van der Waals surface area (Å²) in [6.07, 6.45) is 4.57. The predicted molar refractivity (Wildman–Crippen MR) is 88.2 cm³/mol. The predicted octanol–water partition coefficient (Wildman–Crippen LogP) is 2.78. The van der Waals surface area contributed by atoms with Crippen molar-refractivity contribution >= 4 is 6.09 Å². The summed E-state index contributed by atoms with van der Waals surface area (Å²) >= 11 is 0. The third kappa shape index (κ3) is 4.63. The van der Waals surface area contributed by atoms with Crippen molar-refractivity contribution in [2.75, 3.05) is 13.1 Å². The minimum absolute atomic E-state index is 0.0947. The van der Waals surface area contributed by atoms with Gasteiger partial charge in [0.25, 0.3) is 5.89 Å². The second kappa shape index (κ2) is 7.89. The number of likely N-dealkylation sites (tertiary alicyclic amines) is 1. The second-order valence-corrected chi connectivity index (χ2v) is 5.84. The van der Waals surface area contributed by atoms with Gasteiger partial charge >= 0.3 is 6.09 Å². The van der Waals surface area contributed by atoms with Crippen LogP contribution >= 0.6 is 0 Å². The van der Waals surface area contributed by atoms with Gasteiger partial charge in [-0.2, -0.15) is 4.98 Å². The molecular formula is C17H20N4O4. The van der Waals surface area contributed by atoms with Crippen molar-refractivity contribution in [2.24, 2.45) is 0 Å². The van der Waals surface area contributed by atoms with Crippen molar-refractivity contribution in [1.29, 1.82) is 0 Å². The molecule has 1 fully saturated rings. The highest BCUT2D eigenvalue weighted by Crippen LogP contribution is 2.18. The molecule has 0 bridgehead atoms. The number of allylic oxidation sites excluding steroid dienone is 1. The maximum Gasteiger partial charge on any atom is 0.414 e. The molecule has 0 aliphatic carbocycles. The van der Waals surface area contributed by atoms with Gasteiger partial charge in [-0.3, -0.25) is 4.98 Å². The van der Waals surface area contributed by atoms with Crippen LogP contribution in [0.15, 0.2) is 41.4 Å². The fraction of sp³-hybridized carbons (Fsp3) is 0.412. The first-order valence-electron chi connectivity index (χ1n) is 8.08. The lowest BCUT2D eigenvalue weighted by Crippen LogP contribution is -2.43. The van der Waals surface area contributed by atoms with Crippen molar-refractivity contribution in [1.82, 2.24) is 20.0 Å². The lowest BCUT2D eigenvalue weighted by atomic mass is 10.1. The molecule has 2 aromatic rings. The average molecular weight is 344 g/mol. The summed E-state index contributed by atoms with van der Waals surface area (Å²) in [6, 6.07) is 3.61. The molecule has 8 heteroatoms. The summed E-state index contributed by atoms with van der Waals surface area (Å²) in [7, 11) is 0. The van der Waals surface area contributed by atoms with Crippen LogP contribution in [-0.2, 0) is 16.1 Å². The molecule has 0 radical (unpaired) electrons. The molecule has 0 aromatic carbocycles. The van der Waals surface area contributed by atoms with Gasteiger partial charge in [-0.05, 0) is 31.9 Å². The van der Waals surface area contributed by atoms with Crippen LogP contribution in [0.2, 0.25) is 0 Å². The van der Waals surface area contributed by atoms with E-state index in [1.807, 2.05) is 12.1 Å². The first-order valence-corrected chi connectivity index (χ1v) is 8.08. The summed E-state index contributed by atoms with van der Waals surface area (Å²) < 4.78 is 16.1. The highest BCUT2D eigenvalue weighted by Gasteiger charge is 2.26. The SMILES string of the molecule is C=C(C)OC(=O)N1CCCC(OCc2nc(-c3ccncc3)no2)C1. The van der Waals surface area contributed by atoms with Gasteiger partial charge in [-0.1, -0.05) is 11.7 Å². The number of aromatic nitrogens is 3. The molecule has 1 amide bonds. The maximum atomic E-state index is 11.9. The zero-order chi connectivity index (χ0) is 17.6. The topological polar surface area (TPSA) is 90.6 Å². The number of amides is 1. The minimum Gasteiger partial charge on any atom is -0.416 e. The number of hydrogen-bond acceptors (Lipinski definition) is 7. The monoisotopic (exact) mass is 344 g/mol. The van der Waals surface area contributed by atoms with E-state index >= 15 is 0 Å². The van der Waals surface area contributed by atoms with Crippen molar-refractivity contribution in [3.8, 4) is 11.4 Å². The van der Waals surface area contributed by atoms with Crippen LogP contribution in [-0.4, -0.2) is 45.3 Å². The zero-order valence-corrected chi connectivity index (χ0v) is 14.1. The van der Waals surface area contributed by atoms with Crippen molar-refractivity contribution in [3.05, 3.63) is 42.8 Å². The molecule has 25 heavy (non-hydrogen) atoms. The number of rotatable bonds is 5. The second-order valence-electron chi connectivity index (χ2n) is 5.84. The summed E-state index contributed by atoms with van der Waals surface area (Å²) in [5, 5.41) is 3.94. The van der Waals surface area contributed by atoms with E-state index in [1.54, 1.807) is 24.2 Å². The Labute approximate surface area is 145 Å². The minimum atomic E-state index is -0.390. The number of carbonyl (C=O) groups excluding carboxylic acids is 1. The van der Waals surface area contributed by atoms with Gasteiger partial charge in [0.1, 0.15) is 6.61 Å². The molecule has 132 valence electrons. The van der Waals surface area contributed by atoms with E-state index in [0.29, 0.717) is 30.6 Å². The largest absolute Gasteiger partial charge is 0.416 e. The smallest absolute Gasteiger partial charge is 0.414 e. The number of nitrogens with zero attached hydrogens (tertiary/aromatic N) is 4. The van der Waals surface area contributed by atoms with Crippen LogP contribution in [0.3, 0.4) is 0 Å². The Hall–Kier alpha value is -2.74. The molecule has 1 unspecified atom stereocenters. The van der Waals surface area contributed by atoms with Crippen LogP contribution in [0.1, 0.15) is 25.7 Å². The lowest BCUT2D eigenvalue weighted by Gasteiger charge is -2.31. The lowest BCUT2D eigenvalue weighted by molar-refractivity contribution is -0.0165. The maximum absolute atomic E-state index is 11.9. The molecule has 1 atom stereocenters. The molecule has 2 aromatic heterocycles. The fourth-order valence-electron chi connectivity index (χ4n) is 2.57. The normalized spacial score (nSPS) is 17.3. The summed E-state index contributed by atoms with van der Waals surface area (Å²) in [6.45, 7) is 6.55. The molecule has 0 N–H and O–H groups in total. The van der Waals surface area contributed by atoms with E-state index in [1.165, 1.54) is 0 Å². The highest BCUT2D eigenvalue weighted by atomic mass is 16.6. The molecule has 3 heterocycles. The molecular weight excluding hydrogens is 324 g/mol.